The van der Waals surface area contributed by atoms with Crippen LogP contribution in [-0.2, 0) is 6.42 Å². The van der Waals surface area contributed by atoms with Crippen LogP contribution in [0.3, 0.4) is 0 Å². The molecule has 0 saturated carbocycles. The van der Waals surface area contributed by atoms with Gasteiger partial charge >= 0.3 is 0 Å². The molecular formula is C15H14ClN3OS. The Bertz CT molecular complexity index is 711. The fraction of sp³-hybridized carbons (Fsp3) is 0.133. The third kappa shape index (κ3) is 3.33. The van der Waals surface area contributed by atoms with E-state index in [0.29, 0.717) is 17.4 Å². The molecule has 3 N–H and O–H groups in total. The highest BCUT2D eigenvalue weighted by atomic mass is 35.5. The molecule has 1 unspecified atom stereocenters. The number of hydrazine groups is 1. The highest BCUT2D eigenvalue weighted by molar-refractivity contribution is 7.09. The van der Waals surface area contributed by atoms with Crippen LogP contribution >= 0.6 is 22.9 Å². The van der Waals surface area contributed by atoms with Crippen LogP contribution in [0.5, 0.6) is 0 Å². The number of aromatic nitrogens is 1. The second-order valence-corrected chi connectivity index (χ2v) is 5.87. The zero-order valence-electron chi connectivity index (χ0n) is 11.1. The SMILES string of the molecule is NNC(Cc1nc(-c2ccccc2)cs1)c1ccc(Cl)o1. The molecule has 6 heteroatoms. The van der Waals surface area contributed by atoms with Crippen LogP contribution in [0.1, 0.15) is 16.8 Å². The molecule has 1 aromatic carbocycles. The summed E-state index contributed by atoms with van der Waals surface area (Å²) in [5.41, 5.74) is 4.83. The summed E-state index contributed by atoms with van der Waals surface area (Å²) >= 11 is 7.41. The molecule has 0 bridgehead atoms. The van der Waals surface area contributed by atoms with Gasteiger partial charge in [-0.15, -0.1) is 11.3 Å². The van der Waals surface area contributed by atoms with Gasteiger partial charge in [-0.05, 0) is 23.7 Å². The molecule has 0 aliphatic rings. The van der Waals surface area contributed by atoms with Crippen LogP contribution in [0.25, 0.3) is 11.3 Å². The minimum absolute atomic E-state index is 0.146. The average molecular weight is 320 g/mol. The van der Waals surface area contributed by atoms with E-state index in [1.165, 1.54) is 0 Å². The molecule has 0 saturated heterocycles. The monoisotopic (exact) mass is 319 g/mol. The summed E-state index contributed by atoms with van der Waals surface area (Å²) in [6, 6.07) is 13.5. The summed E-state index contributed by atoms with van der Waals surface area (Å²) in [5, 5.41) is 3.39. The molecule has 2 aromatic heterocycles. The Morgan fingerprint density at radius 2 is 2.05 bits per heavy atom. The fourth-order valence-electron chi connectivity index (χ4n) is 2.08. The van der Waals surface area contributed by atoms with Crippen LogP contribution in [0.4, 0.5) is 0 Å². The van der Waals surface area contributed by atoms with Crippen LogP contribution in [-0.4, -0.2) is 4.98 Å². The fourth-order valence-corrected chi connectivity index (χ4v) is 3.08. The summed E-state index contributed by atoms with van der Waals surface area (Å²) in [6.07, 6.45) is 0.651. The van der Waals surface area contributed by atoms with Crippen LogP contribution in [0, 0.1) is 0 Å². The first-order valence-electron chi connectivity index (χ1n) is 6.47. The minimum Gasteiger partial charge on any atom is -0.448 e. The van der Waals surface area contributed by atoms with Gasteiger partial charge in [0.15, 0.2) is 5.22 Å². The Hall–Kier alpha value is -1.66. The van der Waals surface area contributed by atoms with E-state index >= 15 is 0 Å². The van der Waals surface area contributed by atoms with Gasteiger partial charge in [-0.1, -0.05) is 30.3 Å². The molecule has 0 aliphatic carbocycles. The maximum Gasteiger partial charge on any atom is 0.193 e. The molecular weight excluding hydrogens is 306 g/mol. The molecule has 0 amide bonds. The Morgan fingerprint density at radius 1 is 1.24 bits per heavy atom. The van der Waals surface area contributed by atoms with E-state index in [0.717, 1.165) is 16.3 Å². The van der Waals surface area contributed by atoms with Gasteiger partial charge in [-0.3, -0.25) is 5.84 Å². The van der Waals surface area contributed by atoms with E-state index in [1.54, 1.807) is 17.4 Å². The van der Waals surface area contributed by atoms with Crippen molar-refractivity contribution in [1.29, 1.82) is 0 Å². The summed E-state index contributed by atoms with van der Waals surface area (Å²) < 4.78 is 5.40. The van der Waals surface area contributed by atoms with Crippen LogP contribution in [0.15, 0.2) is 52.3 Å². The number of nitrogens with one attached hydrogen (secondary N) is 1. The topological polar surface area (TPSA) is 64.1 Å². The zero-order valence-corrected chi connectivity index (χ0v) is 12.7. The second kappa shape index (κ2) is 6.41. The lowest BCUT2D eigenvalue weighted by molar-refractivity contribution is 0.416. The molecule has 0 fully saturated rings. The van der Waals surface area contributed by atoms with E-state index in [4.69, 9.17) is 21.9 Å². The van der Waals surface area contributed by atoms with Gasteiger partial charge in [0.1, 0.15) is 5.76 Å². The molecule has 108 valence electrons. The van der Waals surface area contributed by atoms with Gasteiger partial charge in [-0.25, -0.2) is 10.4 Å². The van der Waals surface area contributed by atoms with Crippen LogP contribution < -0.4 is 11.3 Å². The number of thiazole rings is 1. The van der Waals surface area contributed by atoms with Gasteiger partial charge in [-0.2, -0.15) is 0 Å². The molecule has 0 radical (unpaired) electrons. The molecule has 3 rings (SSSR count). The summed E-state index contributed by atoms with van der Waals surface area (Å²) in [4.78, 5) is 4.65. The standard InChI is InChI=1S/C15H14ClN3OS/c16-14-7-6-13(20-14)11(19-17)8-15-18-12(9-21-15)10-4-2-1-3-5-10/h1-7,9,11,19H,8,17H2. The quantitative estimate of drug-likeness (QED) is 0.554. The number of hydrogen-bond acceptors (Lipinski definition) is 5. The Balaban J connectivity index is 1.77. The van der Waals surface area contributed by atoms with Crippen LogP contribution in [0.2, 0.25) is 5.22 Å². The van der Waals surface area contributed by atoms with Crippen molar-refractivity contribution in [2.75, 3.05) is 0 Å². The molecule has 2 heterocycles. The first-order valence-corrected chi connectivity index (χ1v) is 7.73. The summed E-state index contributed by atoms with van der Waals surface area (Å²) in [7, 11) is 0. The normalized spacial score (nSPS) is 12.5. The number of halogens is 1. The van der Waals surface area contributed by atoms with Gasteiger partial charge in [0.25, 0.3) is 0 Å². The van der Waals surface area contributed by atoms with Crippen molar-refractivity contribution in [3.8, 4) is 11.3 Å². The van der Waals surface area contributed by atoms with Gasteiger partial charge in [0.2, 0.25) is 0 Å². The Morgan fingerprint density at radius 3 is 2.71 bits per heavy atom. The van der Waals surface area contributed by atoms with Gasteiger partial charge in [0.05, 0.1) is 16.7 Å². The first kappa shape index (κ1) is 14.3. The predicted molar refractivity (Wildman–Crippen MR) is 85.0 cm³/mol. The molecule has 4 nitrogen and oxygen atoms in total. The van der Waals surface area contributed by atoms with Crippen molar-refractivity contribution in [3.63, 3.8) is 0 Å². The average Bonchev–Trinajstić information content (AvgIpc) is 3.15. The van der Waals surface area contributed by atoms with E-state index in [9.17, 15) is 0 Å². The van der Waals surface area contributed by atoms with E-state index in [-0.39, 0.29) is 6.04 Å². The molecule has 0 aliphatic heterocycles. The predicted octanol–water partition coefficient (Wildman–Crippen LogP) is 3.80. The number of benzene rings is 1. The van der Waals surface area contributed by atoms with Crippen molar-refractivity contribution in [2.24, 2.45) is 5.84 Å². The Kier molecular flexibility index (Phi) is 4.36. The van der Waals surface area contributed by atoms with Crippen molar-refractivity contribution < 1.29 is 4.42 Å². The highest BCUT2D eigenvalue weighted by Gasteiger charge is 2.17. The minimum atomic E-state index is -0.146. The van der Waals surface area contributed by atoms with Crippen molar-refractivity contribution >= 4 is 22.9 Å². The number of furan rings is 1. The number of nitrogens with zero attached hydrogens (tertiary/aromatic N) is 1. The van der Waals surface area contributed by atoms with Gasteiger partial charge in [0, 0.05) is 17.4 Å². The van der Waals surface area contributed by atoms with Crippen molar-refractivity contribution in [1.82, 2.24) is 10.4 Å². The van der Waals surface area contributed by atoms with Crippen molar-refractivity contribution in [3.05, 3.63) is 63.8 Å². The maximum absolute atomic E-state index is 5.80. The molecule has 0 spiro atoms. The number of nitrogens with two attached hydrogens (primary N) is 1. The lowest BCUT2D eigenvalue weighted by atomic mass is 10.1. The van der Waals surface area contributed by atoms with E-state index in [2.05, 4.69) is 10.4 Å². The van der Waals surface area contributed by atoms with Crippen molar-refractivity contribution in [2.45, 2.75) is 12.5 Å². The molecule has 1 atom stereocenters. The summed E-state index contributed by atoms with van der Waals surface area (Å²) in [5.74, 6) is 6.31. The van der Waals surface area contributed by atoms with E-state index in [1.807, 2.05) is 41.8 Å². The first-order chi connectivity index (χ1) is 10.3. The van der Waals surface area contributed by atoms with Gasteiger partial charge < -0.3 is 4.42 Å². The van der Waals surface area contributed by atoms with E-state index < -0.39 is 0 Å². The largest absolute Gasteiger partial charge is 0.448 e. The number of hydrogen-bond donors (Lipinski definition) is 2. The lowest BCUT2D eigenvalue weighted by Crippen LogP contribution is -2.29. The molecule has 21 heavy (non-hydrogen) atoms. The Labute approximate surface area is 131 Å². The highest BCUT2D eigenvalue weighted by Crippen LogP contribution is 2.26. The third-order valence-corrected chi connectivity index (χ3v) is 4.21. The smallest absolute Gasteiger partial charge is 0.193 e. The zero-order chi connectivity index (χ0) is 14.7. The molecule has 3 aromatic rings. The lowest BCUT2D eigenvalue weighted by Gasteiger charge is -2.11. The maximum atomic E-state index is 5.80. The number of rotatable bonds is 5. The second-order valence-electron chi connectivity index (χ2n) is 4.56. The summed E-state index contributed by atoms with van der Waals surface area (Å²) in [6.45, 7) is 0. The third-order valence-electron chi connectivity index (χ3n) is 3.14.